The summed E-state index contributed by atoms with van der Waals surface area (Å²) in [7, 11) is 0. The van der Waals surface area contributed by atoms with Crippen molar-refractivity contribution < 1.29 is 23.8 Å². The van der Waals surface area contributed by atoms with E-state index in [1.54, 1.807) is 23.5 Å². The molecule has 1 amide bonds. The van der Waals surface area contributed by atoms with Crippen LogP contribution in [0.25, 0.3) is 0 Å². The fraction of sp³-hybridized carbons (Fsp3) is 0.571. The lowest BCUT2D eigenvalue weighted by atomic mass is 9.73. The number of nitrogens with zero attached hydrogens (tertiary/aromatic N) is 3. The second-order valence-electron chi connectivity index (χ2n) is 14.4. The Hall–Kier alpha value is -2.96. The number of hydrogen-bond donors (Lipinski definition) is 3. The first-order chi connectivity index (χ1) is 22.0. The Morgan fingerprint density at radius 3 is 2.72 bits per heavy atom. The highest BCUT2D eigenvalue weighted by Gasteiger charge is 2.46. The number of pyridine rings is 1. The molecule has 6 rings (SSSR count). The first kappa shape index (κ1) is 33.0. The molecule has 2 aromatic heterocycles. The molecule has 1 unspecified atom stereocenters. The number of rotatable bonds is 11. The number of amides is 1. The van der Waals surface area contributed by atoms with Crippen molar-refractivity contribution in [1.82, 2.24) is 25.5 Å². The van der Waals surface area contributed by atoms with Crippen molar-refractivity contribution in [3.63, 3.8) is 0 Å². The van der Waals surface area contributed by atoms with Gasteiger partial charge in [0.25, 0.3) is 5.91 Å². The lowest BCUT2D eigenvalue weighted by molar-refractivity contribution is -0.140. The number of aliphatic hydroxyl groups is 1. The van der Waals surface area contributed by atoms with Crippen LogP contribution in [-0.2, 0) is 28.9 Å². The van der Waals surface area contributed by atoms with E-state index >= 15 is 0 Å². The van der Waals surface area contributed by atoms with Crippen LogP contribution in [0.15, 0.2) is 47.4 Å². The van der Waals surface area contributed by atoms with E-state index in [0.29, 0.717) is 38.5 Å². The number of nitrogens with one attached hydrogen (secondary N) is 2. The molecule has 4 atom stereocenters. The standard InChI is InChI=1S/C35H46FN5O4S/c1-34(2,3)15-24-13-27-29(16-35(9-4-10-35)45-33(27)38-17-24)37-18-30(42)28(14-23-5-7-25(36)8-6-23)40-32(43)31-20-41(11-12-44-31)19-26-21-46-22-39-26/h5-8,13,17,21-22,28-31,37,42H,4,9-12,14-16,18-20H2,1-3H3,(H,40,43)/t28-,29-,30+,31?/m0/s1. The van der Waals surface area contributed by atoms with Crippen molar-refractivity contribution in [1.29, 1.82) is 0 Å². The molecule has 2 aliphatic heterocycles. The molecular formula is C35H46FN5O4S. The maximum atomic E-state index is 13.7. The lowest BCUT2D eigenvalue weighted by Crippen LogP contribution is -2.56. The third-order valence-corrected chi connectivity index (χ3v) is 9.88. The van der Waals surface area contributed by atoms with E-state index in [-0.39, 0.29) is 35.3 Å². The molecule has 0 radical (unpaired) electrons. The molecule has 3 N–H and O–H groups in total. The monoisotopic (exact) mass is 651 g/mol. The van der Waals surface area contributed by atoms with Crippen LogP contribution in [-0.4, -0.2) is 76.0 Å². The van der Waals surface area contributed by atoms with Crippen molar-refractivity contribution in [3.8, 4) is 5.88 Å². The second-order valence-corrected chi connectivity index (χ2v) is 15.1. The first-order valence-corrected chi connectivity index (χ1v) is 17.3. The van der Waals surface area contributed by atoms with E-state index in [2.05, 4.69) is 47.4 Å². The molecule has 1 saturated carbocycles. The van der Waals surface area contributed by atoms with Crippen molar-refractivity contribution >= 4 is 17.2 Å². The molecule has 248 valence electrons. The molecule has 9 nitrogen and oxygen atoms in total. The Morgan fingerprint density at radius 1 is 1.22 bits per heavy atom. The first-order valence-electron chi connectivity index (χ1n) is 16.4. The third-order valence-electron chi connectivity index (χ3n) is 9.25. The largest absolute Gasteiger partial charge is 0.471 e. The van der Waals surface area contributed by atoms with Crippen LogP contribution < -0.4 is 15.4 Å². The molecule has 4 heterocycles. The van der Waals surface area contributed by atoms with Gasteiger partial charge in [0, 0.05) is 55.8 Å². The van der Waals surface area contributed by atoms with Crippen LogP contribution in [0.5, 0.6) is 5.88 Å². The summed E-state index contributed by atoms with van der Waals surface area (Å²) in [5, 5.41) is 20.3. The minimum Gasteiger partial charge on any atom is -0.471 e. The van der Waals surface area contributed by atoms with Crippen LogP contribution >= 0.6 is 11.3 Å². The molecule has 1 aliphatic carbocycles. The highest BCUT2D eigenvalue weighted by Crippen LogP contribution is 2.48. The molecule has 3 aliphatic rings. The number of halogens is 1. The lowest BCUT2D eigenvalue weighted by Gasteiger charge is -2.47. The SMILES string of the molecule is CC(C)(C)Cc1cnc2c(c1)[C@@H](NC[C@@H](O)[C@H](Cc1ccc(F)cc1)NC(=O)C1CN(Cc3cscn3)CCO1)CC1(CCC1)O2. The van der Waals surface area contributed by atoms with E-state index in [0.717, 1.165) is 54.5 Å². The van der Waals surface area contributed by atoms with Crippen LogP contribution in [0.4, 0.5) is 4.39 Å². The van der Waals surface area contributed by atoms with Gasteiger partial charge in [0.2, 0.25) is 5.88 Å². The summed E-state index contributed by atoms with van der Waals surface area (Å²) < 4.78 is 26.0. The predicted molar refractivity (Wildman–Crippen MR) is 175 cm³/mol. The number of ether oxygens (including phenoxy) is 2. The zero-order valence-corrected chi connectivity index (χ0v) is 27.8. The average molecular weight is 652 g/mol. The van der Waals surface area contributed by atoms with E-state index in [1.165, 1.54) is 12.1 Å². The van der Waals surface area contributed by atoms with Crippen molar-refractivity contribution in [2.24, 2.45) is 5.41 Å². The highest BCUT2D eigenvalue weighted by molar-refractivity contribution is 7.07. The maximum absolute atomic E-state index is 13.7. The van der Waals surface area contributed by atoms with Gasteiger partial charge in [0.15, 0.2) is 0 Å². The van der Waals surface area contributed by atoms with Gasteiger partial charge in [-0.25, -0.2) is 14.4 Å². The second kappa shape index (κ2) is 14.0. The summed E-state index contributed by atoms with van der Waals surface area (Å²) >= 11 is 1.55. The van der Waals surface area contributed by atoms with Crippen LogP contribution in [0.3, 0.4) is 0 Å². The van der Waals surface area contributed by atoms with Gasteiger partial charge in [-0.15, -0.1) is 11.3 Å². The quantitative estimate of drug-likeness (QED) is 0.277. The Labute approximate surface area is 274 Å². The van der Waals surface area contributed by atoms with Gasteiger partial charge in [-0.3, -0.25) is 9.69 Å². The molecular weight excluding hydrogens is 605 g/mol. The number of carbonyl (C=O) groups excluding carboxylic acids is 1. The molecule has 46 heavy (non-hydrogen) atoms. The van der Waals surface area contributed by atoms with E-state index in [4.69, 9.17) is 14.5 Å². The molecule has 1 spiro atoms. The summed E-state index contributed by atoms with van der Waals surface area (Å²) in [6.07, 6.45) is 5.48. The zero-order valence-electron chi connectivity index (χ0n) is 27.0. The molecule has 1 saturated heterocycles. The van der Waals surface area contributed by atoms with Crippen LogP contribution in [0.1, 0.15) is 74.9 Å². The summed E-state index contributed by atoms with van der Waals surface area (Å²) in [6.45, 7) is 9.13. The van der Waals surface area contributed by atoms with Gasteiger partial charge in [-0.05, 0) is 66.8 Å². The third kappa shape index (κ3) is 8.30. The molecule has 1 aromatic carbocycles. The number of morpholine rings is 1. The predicted octanol–water partition coefficient (Wildman–Crippen LogP) is 4.59. The summed E-state index contributed by atoms with van der Waals surface area (Å²) in [5.41, 5.74) is 5.67. The highest BCUT2D eigenvalue weighted by atomic mass is 32.1. The van der Waals surface area contributed by atoms with Gasteiger partial charge in [0.05, 0.1) is 30.0 Å². The topological polar surface area (TPSA) is 109 Å². The summed E-state index contributed by atoms with van der Waals surface area (Å²) in [4.78, 5) is 24.8. The number of carbonyl (C=O) groups is 1. The smallest absolute Gasteiger partial charge is 0.250 e. The van der Waals surface area contributed by atoms with E-state index < -0.39 is 18.2 Å². The van der Waals surface area contributed by atoms with Crippen molar-refractivity contribution in [3.05, 3.63) is 75.6 Å². The molecule has 3 aromatic rings. The fourth-order valence-corrected chi connectivity index (χ4v) is 7.28. The number of benzene rings is 1. The fourth-order valence-electron chi connectivity index (χ4n) is 6.74. The molecule has 2 fully saturated rings. The van der Waals surface area contributed by atoms with Crippen molar-refractivity contribution in [2.75, 3.05) is 26.2 Å². The maximum Gasteiger partial charge on any atom is 0.250 e. The Balaban J connectivity index is 1.16. The van der Waals surface area contributed by atoms with E-state index in [9.17, 15) is 14.3 Å². The van der Waals surface area contributed by atoms with E-state index in [1.807, 2.05) is 17.1 Å². The summed E-state index contributed by atoms with van der Waals surface area (Å²) in [6, 6.07) is 7.72. The average Bonchev–Trinajstić information content (AvgIpc) is 3.52. The van der Waals surface area contributed by atoms with Gasteiger partial charge in [-0.2, -0.15) is 0 Å². The molecule has 11 heteroatoms. The Morgan fingerprint density at radius 2 is 2.02 bits per heavy atom. The number of aromatic nitrogens is 2. The van der Waals surface area contributed by atoms with Gasteiger partial charge in [-0.1, -0.05) is 32.9 Å². The Kier molecular flexibility index (Phi) is 10.1. The number of hydrogen-bond acceptors (Lipinski definition) is 9. The summed E-state index contributed by atoms with van der Waals surface area (Å²) in [5.74, 6) is 0.0725. The van der Waals surface area contributed by atoms with Crippen LogP contribution in [0, 0.1) is 11.2 Å². The number of aliphatic hydroxyl groups excluding tert-OH is 1. The zero-order chi connectivity index (χ0) is 32.3. The van der Waals surface area contributed by atoms with Gasteiger partial charge in [0.1, 0.15) is 17.5 Å². The Bertz CT molecular complexity index is 1460. The number of fused-ring (bicyclic) bond motifs is 1. The molecule has 0 bridgehead atoms. The minimum atomic E-state index is -0.918. The van der Waals surface area contributed by atoms with Gasteiger partial charge < -0.3 is 25.2 Å². The van der Waals surface area contributed by atoms with Gasteiger partial charge >= 0.3 is 0 Å². The van der Waals surface area contributed by atoms with Crippen molar-refractivity contribution in [2.45, 2.75) is 95.7 Å². The van der Waals surface area contributed by atoms with Crippen LogP contribution in [0.2, 0.25) is 0 Å². The number of thiazole rings is 1. The normalized spacial score (nSPS) is 22.4. The minimum absolute atomic E-state index is 0.0470.